The molecule has 0 unspecified atom stereocenters. The first-order valence-electron chi connectivity index (χ1n) is 9.43. The zero-order chi connectivity index (χ0) is 18.0. The maximum Gasteiger partial charge on any atom is 0.240 e. The normalized spacial score (nSPS) is 18.1. The molecule has 138 valence electrons. The highest BCUT2D eigenvalue weighted by Crippen LogP contribution is 2.32. The molecule has 1 aliphatic carbocycles. The van der Waals surface area contributed by atoms with Gasteiger partial charge in [0.15, 0.2) is 0 Å². The van der Waals surface area contributed by atoms with E-state index >= 15 is 0 Å². The van der Waals surface area contributed by atoms with Crippen molar-refractivity contribution in [2.75, 3.05) is 11.4 Å². The van der Waals surface area contributed by atoms with Crippen molar-refractivity contribution < 1.29 is 13.2 Å². The minimum atomic E-state index is -3.48. The van der Waals surface area contributed by atoms with E-state index in [2.05, 4.69) is 4.72 Å². The lowest BCUT2D eigenvalue weighted by molar-refractivity contribution is -0.122. The van der Waals surface area contributed by atoms with E-state index in [0.717, 1.165) is 49.8 Å². The lowest BCUT2D eigenvalue weighted by Gasteiger charge is -2.22. The van der Waals surface area contributed by atoms with E-state index in [9.17, 15) is 13.2 Å². The quantitative estimate of drug-likeness (QED) is 0.843. The van der Waals surface area contributed by atoms with Gasteiger partial charge in [0.25, 0.3) is 0 Å². The van der Waals surface area contributed by atoms with Crippen molar-refractivity contribution in [1.82, 2.24) is 4.72 Å². The predicted molar refractivity (Wildman–Crippen MR) is 99.1 cm³/mol. The largest absolute Gasteiger partial charge is 0.312 e. The van der Waals surface area contributed by atoms with Crippen LogP contribution in [0.1, 0.15) is 57.9 Å². The van der Waals surface area contributed by atoms with Crippen molar-refractivity contribution in [2.24, 2.45) is 5.92 Å². The van der Waals surface area contributed by atoms with Gasteiger partial charge >= 0.3 is 0 Å². The molecular formula is C19H28N2O3S. The predicted octanol–water partition coefficient (Wildman–Crippen LogP) is 3.23. The number of carbonyl (C=O) groups excluding carboxylic acids is 1. The highest BCUT2D eigenvalue weighted by Gasteiger charge is 2.30. The van der Waals surface area contributed by atoms with Gasteiger partial charge in [0.05, 0.1) is 4.90 Å². The van der Waals surface area contributed by atoms with Gasteiger partial charge in [-0.3, -0.25) is 4.79 Å². The van der Waals surface area contributed by atoms with Gasteiger partial charge in [0, 0.05) is 24.2 Å². The zero-order valence-electron chi connectivity index (χ0n) is 15.1. The molecular weight excluding hydrogens is 336 g/mol. The molecule has 0 spiro atoms. The van der Waals surface area contributed by atoms with Crippen LogP contribution >= 0.6 is 0 Å². The fraction of sp³-hybridized carbons (Fsp3) is 0.632. The van der Waals surface area contributed by atoms with Gasteiger partial charge in [-0.25, -0.2) is 13.1 Å². The summed E-state index contributed by atoms with van der Waals surface area (Å²) >= 11 is 0. The van der Waals surface area contributed by atoms with Crippen LogP contribution in [0.15, 0.2) is 23.1 Å². The van der Waals surface area contributed by atoms with E-state index in [1.807, 2.05) is 18.7 Å². The number of amides is 1. The second kappa shape index (κ2) is 7.46. The van der Waals surface area contributed by atoms with Crippen LogP contribution < -0.4 is 9.62 Å². The topological polar surface area (TPSA) is 66.5 Å². The molecule has 3 rings (SSSR count). The Bertz CT molecular complexity index is 735. The average molecular weight is 365 g/mol. The molecule has 0 radical (unpaired) electrons. The maximum atomic E-state index is 12.7. The molecule has 1 N–H and O–H groups in total. The van der Waals surface area contributed by atoms with Crippen molar-refractivity contribution in [3.8, 4) is 0 Å². The number of hydrogen-bond donors (Lipinski definition) is 1. The Morgan fingerprint density at radius 2 is 1.92 bits per heavy atom. The Hall–Kier alpha value is -1.40. The highest BCUT2D eigenvalue weighted by atomic mass is 32.2. The number of carbonyl (C=O) groups is 1. The van der Waals surface area contributed by atoms with Gasteiger partial charge in [0.1, 0.15) is 0 Å². The van der Waals surface area contributed by atoms with E-state index in [1.165, 1.54) is 0 Å². The van der Waals surface area contributed by atoms with E-state index < -0.39 is 10.0 Å². The van der Waals surface area contributed by atoms with E-state index in [1.54, 1.807) is 18.2 Å². The fourth-order valence-corrected chi connectivity index (χ4v) is 5.32. The third kappa shape index (κ3) is 3.75. The molecule has 1 aromatic rings. The molecule has 1 aromatic carbocycles. The third-order valence-electron chi connectivity index (χ3n) is 5.53. The summed E-state index contributed by atoms with van der Waals surface area (Å²) in [4.78, 5) is 14.8. The van der Waals surface area contributed by atoms with Gasteiger partial charge in [-0.2, -0.15) is 0 Å². The SMILES string of the molecule is CCC(CC)C(=O)N1CCc2cc(S(=O)(=O)NC3CCCC3)ccc21. The molecule has 1 amide bonds. The number of nitrogens with zero attached hydrogens (tertiary/aromatic N) is 1. The molecule has 1 fully saturated rings. The summed E-state index contributed by atoms with van der Waals surface area (Å²) in [6.07, 6.45) is 6.39. The lowest BCUT2D eigenvalue weighted by Crippen LogP contribution is -2.34. The summed E-state index contributed by atoms with van der Waals surface area (Å²) in [5.41, 5.74) is 1.82. The van der Waals surface area contributed by atoms with Crippen LogP contribution in [0.2, 0.25) is 0 Å². The summed E-state index contributed by atoms with van der Waals surface area (Å²) in [6.45, 7) is 4.71. The molecule has 0 saturated heterocycles. The number of benzene rings is 1. The van der Waals surface area contributed by atoms with Crippen LogP contribution in [-0.2, 0) is 21.2 Å². The monoisotopic (exact) mass is 364 g/mol. The Morgan fingerprint density at radius 1 is 1.24 bits per heavy atom. The molecule has 2 aliphatic rings. The lowest BCUT2D eigenvalue weighted by atomic mass is 10.0. The standard InChI is InChI=1S/C19H28N2O3S/c1-3-14(4-2)19(22)21-12-11-15-13-17(9-10-18(15)21)25(23,24)20-16-7-5-6-8-16/h9-10,13-14,16,20H,3-8,11-12H2,1-2H3. The van der Waals surface area contributed by atoms with Crippen LogP contribution in [0.5, 0.6) is 0 Å². The summed E-state index contributed by atoms with van der Waals surface area (Å²) in [5, 5.41) is 0. The highest BCUT2D eigenvalue weighted by molar-refractivity contribution is 7.89. The van der Waals surface area contributed by atoms with Crippen LogP contribution in [0, 0.1) is 5.92 Å². The van der Waals surface area contributed by atoms with E-state index in [4.69, 9.17) is 0 Å². The minimum absolute atomic E-state index is 0.0402. The van der Waals surface area contributed by atoms with Crippen molar-refractivity contribution in [1.29, 1.82) is 0 Å². The zero-order valence-corrected chi connectivity index (χ0v) is 15.9. The van der Waals surface area contributed by atoms with Gasteiger partial charge in [-0.1, -0.05) is 26.7 Å². The minimum Gasteiger partial charge on any atom is -0.312 e. The number of anilines is 1. The average Bonchev–Trinajstić information content (AvgIpc) is 3.24. The second-order valence-corrected chi connectivity index (χ2v) is 8.86. The summed E-state index contributed by atoms with van der Waals surface area (Å²) in [5.74, 6) is 0.196. The second-order valence-electron chi connectivity index (χ2n) is 7.15. The van der Waals surface area contributed by atoms with Gasteiger partial charge in [-0.15, -0.1) is 0 Å². The first-order valence-corrected chi connectivity index (χ1v) is 10.9. The van der Waals surface area contributed by atoms with Gasteiger partial charge in [0.2, 0.25) is 15.9 Å². The van der Waals surface area contributed by atoms with Gasteiger partial charge in [-0.05, 0) is 55.9 Å². The van der Waals surface area contributed by atoms with Crippen LogP contribution in [0.3, 0.4) is 0 Å². The Kier molecular flexibility index (Phi) is 5.49. The van der Waals surface area contributed by atoms with Crippen molar-refractivity contribution in [3.63, 3.8) is 0 Å². The summed E-state index contributed by atoms with van der Waals surface area (Å²) < 4.78 is 28.1. The number of hydrogen-bond acceptors (Lipinski definition) is 3. The Morgan fingerprint density at radius 3 is 2.56 bits per heavy atom. The molecule has 5 nitrogen and oxygen atoms in total. The van der Waals surface area contributed by atoms with Crippen molar-refractivity contribution >= 4 is 21.6 Å². The van der Waals surface area contributed by atoms with Crippen LogP contribution in [0.4, 0.5) is 5.69 Å². The molecule has 1 heterocycles. The van der Waals surface area contributed by atoms with Gasteiger partial charge < -0.3 is 4.90 Å². The van der Waals surface area contributed by atoms with Crippen LogP contribution in [0.25, 0.3) is 0 Å². The molecule has 6 heteroatoms. The summed E-state index contributed by atoms with van der Waals surface area (Å²) in [6, 6.07) is 5.24. The maximum absolute atomic E-state index is 12.7. The molecule has 1 aliphatic heterocycles. The van der Waals surface area contributed by atoms with Crippen molar-refractivity contribution in [2.45, 2.75) is 69.7 Å². The summed E-state index contributed by atoms with van der Waals surface area (Å²) in [7, 11) is -3.48. The van der Waals surface area contributed by atoms with Crippen LogP contribution in [-0.4, -0.2) is 26.9 Å². The molecule has 0 aromatic heterocycles. The molecule has 1 saturated carbocycles. The number of sulfonamides is 1. The smallest absolute Gasteiger partial charge is 0.240 e. The Labute approximate surface area is 150 Å². The number of fused-ring (bicyclic) bond motifs is 1. The van der Waals surface area contributed by atoms with E-state index in [-0.39, 0.29) is 17.9 Å². The molecule has 0 atom stereocenters. The first-order chi connectivity index (χ1) is 12.0. The fourth-order valence-electron chi connectivity index (χ4n) is 3.96. The number of rotatable bonds is 6. The molecule has 25 heavy (non-hydrogen) atoms. The number of nitrogens with one attached hydrogen (secondary N) is 1. The van der Waals surface area contributed by atoms with Crippen molar-refractivity contribution in [3.05, 3.63) is 23.8 Å². The molecule has 0 bridgehead atoms. The van der Waals surface area contributed by atoms with E-state index in [0.29, 0.717) is 17.9 Å². The first kappa shape index (κ1) is 18.4. The third-order valence-corrected chi connectivity index (χ3v) is 7.05. The Balaban J connectivity index is 1.80.